The maximum Gasteiger partial charge on any atom is 0.313 e. The molecule has 6 nitrogen and oxygen atoms in total. The smallest absolute Gasteiger partial charge is 0.313 e. The van der Waals surface area contributed by atoms with Gasteiger partial charge >= 0.3 is 11.8 Å². The summed E-state index contributed by atoms with van der Waals surface area (Å²) < 4.78 is 0. The Hall–Kier alpha value is -2.47. The van der Waals surface area contributed by atoms with Gasteiger partial charge in [0, 0.05) is 24.5 Å². The topological polar surface area (TPSA) is 74.3 Å². The summed E-state index contributed by atoms with van der Waals surface area (Å²) in [5.74, 6) is -1.33. The first-order valence-electron chi connectivity index (χ1n) is 7.61. The summed E-state index contributed by atoms with van der Waals surface area (Å²) >= 11 is 0. The molecule has 23 heavy (non-hydrogen) atoms. The fraction of sp³-hybridized carbons (Fsp3) is 0.353. The van der Waals surface area contributed by atoms with E-state index in [0.29, 0.717) is 24.8 Å². The van der Waals surface area contributed by atoms with Gasteiger partial charge in [-0.05, 0) is 33.0 Å². The standard InChI is InChI=1S/C17H22N4O2/c1-12(2)21(3)9-8-18-16(22)17(23)20-14-10-13-6-4-5-7-15(13)19-11-14/h4-7,10-12H,8-9H2,1-3H3,(H,18,22)(H,20,23). The van der Waals surface area contributed by atoms with Crippen LogP contribution in [0.5, 0.6) is 0 Å². The van der Waals surface area contributed by atoms with Gasteiger partial charge in [0.2, 0.25) is 0 Å². The average Bonchev–Trinajstić information content (AvgIpc) is 2.54. The lowest BCUT2D eigenvalue weighted by atomic mass is 10.2. The zero-order valence-electron chi connectivity index (χ0n) is 13.7. The number of rotatable bonds is 5. The normalized spacial score (nSPS) is 11.0. The maximum atomic E-state index is 11.9. The third-order valence-corrected chi connectivity index (χ3v) is 3.69. The zero-order chi connectivity index (χ0) is 16.8. The number of likely N-dealkylation sites (N-methyl/N-ethyl adjacent to an activating group) is 1. The molecule has 0 bridgehead atoms. The van der Waals surface area contributed by atoms with Crippen molar-refractivity contribution in [3.8, 4) is 0 Å². The van der Waals surface area contributed by atoms with Gasteiger partial charge in [-0.1, -0.05) is 18.2 Å². The first-order chi connectivity index (χ1) is 11.0. The molecule has 2 N–H and O–H groups in total. The van der Waals surface area contributed by atoms with Crippen molar-refractivity contribution >= 4 is 28.4 Å². The van der Waals surface area contributed by atoms with Crippen molar-refractivity contribution in [3.63, 3.8) is 0 Å². The van der Waals surface area contributed by atoms with Crippen LogP contribution in [-0.4, -0.2) is 47.9 Å². The lowest BCUT2D eigenvalue weighted by molar-refractivity contribution is -0.136. The summed E-state index contributed by atoms with van der Waals surface area (Å²) in [5, 5.41) is 6.09. The Morgan fingerprint density at radius 3 is 2.70 bits per heavy atom. The van der Waals surface area contributed by atoms with Crippen molar-refractivity contribution in [2.45, 2.75) is 19.9 Å². The highest BCUT2D eigenvalue weighted by Crippen LogP contribution is 2.15. The van der Waals surface area contributed by atoms with Gasteiger partial charge in [-0.15, -0.1) is 0 Å². The molecule has 0 saturated heterocycles. The van der Waals surface area contributed by atoms with Crippen LogP contribution in [-0.2, 0) is 9.59 Å². The van der Waals surface area contributed by atoms with Crippen molar-refractivity contribution in [2.75, 3.05) is 25.5 Å². The van der Waals surface area contributed by atoms with Gasteiger partial charge in [-0.25, -0.2) is 0 Å². The predicted molar refractivity (Wildman–Crippen MR) is 91.1 cm³/mol. The quantitative estimate of drug-likeness (QED) is 0.823. The molecule has 122 valence electrons. The molecule has 0 aliphatic heterocycles. The molecule has 2 amide bonds. The van der Waals surface area contributed by atoms with Crippen molar-refractivity contribution in [1.29, 1.82) is 0 Å². The molecule has 2 rings (SSSR count). The molecular formula is C17H22N4O2. The lowest BCUT2D eigenvalue weighted by Gasteiger charge is -2.20. The number of aromatic nitrogens is 1. The Labute approximate surface area is 135 Å². The maximum absolute atomic E-state index is 11.9. The Bertz CT molecular complexity index is 700. The van der Waals surface area contributed by atoms with E-state index in [-0.39, 0.29) is 0 Å². The lowest BCUT2D eigenvalue weighted by Crippen LogP contribution is -2.40. The minimum Gasteiger partial charge on any atom is -0.347 e. The Balaban J connectivity index is 1.88. The molecule has 0 spiro atoms. The molecule has 1 aromatic heterocycles. The number of pyridine rings is 1. The second-order valence-corrected chi connectivity index (χ2v) is 5.70. The molecular weight excluding hydrogens is 292 g/mol. The first-order valence-corrected chi connectivity index (χ1v) is 7.61. The molecule has 0 unspecified atom stereocenters. The van der Waals surface area contributed by atoms with Gasteiger partial charge in [-0.3, -0.25) is 14.6 Å². The van der Waals surface area contributed by atoms with Crippen LogP contribution in [0.15, 0.2) is 36.5 Å². The van der Waals surface area contributed by atoms with Crippen LogP contribution in [0.3, 0.4) is 0 Å². The SMILES string of the molecule is CC(C)N(C)CCNC(=O)C(=O)Nc1cnc2ccccc2c1. The highest BCUT2D eigenvalue weighted by Gasteiger charge is 2.14. The van der Waals surface area contributed by atoms with Gasteiger partial charge in [0.15, 0.2) is 0 Å². The van der Waals surface area contributed by atoms with Crippen molar-refractivity contribution in [1.82, 2.24) is 15.2 Å². The summed E-state index contributed by atoms with van der Waals surface area (Å²) in [7, 11) is 1.97. The van der Waals surface area contributed by atoms with Crippen LogP contribution < -0.4 is 10.6 Å². The minimum atomic E-state index is -0.686. The van der Waals surface area contributed by atoms with Crippen LogP contribution in [0.2, 0.25) is 0 Å². The summed E-state index contributed by atoms with van der Waals surface area (Å²) in [6.07, 6.45) is 1.54. The minimum absolute atomic E-state index is 0.393. The molecule has 6 heteroatoms. The highest BCUT2D eigenvalue weighted by atomic mass is 16.2. The van der Waals surface area contributed by atoms with Crippen LogP contribution in [0, 0.1) is 0 Å². The van der Waals surface area contributed by atoms with E-state index < -0.39 is 11.8 Å². The number of para-hydroxylation sites is 1. The van der Waals surface area contributed by atoms with Crippen LogP contribution in [0.4, 0.5) is 5.69 Å². The summed E-state index contributed by atoms with van der Waals surface area (Å²) in [4.78, 5) is 30.0. The van der Waals surface area contributed by atoms with Crippen molar-refractivity contribution in [2.24, 2.45) is 0 Å². The van der Waals surface area contributed by atoms with E-state index in [0.717, 1.165) is 10.9 Å². The fourth-order valence-electron chi connectivity index (χ4n) is 2.01. The number of amides is 2. The summed E-state index contributed by atoms with van der Waals surface area (Å²) in [6, 6.07) is 9.77. The number of hydrogen-bond donors (Lipinski definition) is 2. The van der Waals surface area contributed by atoms with Crippen LogP contribution >= 0.6 is 0 Å². The van der Waals surface area contributed by atoms with E-state index in [2.05, 4.69) is 34.4 Å². The van der Waals surface area contributed by atoms with Gasteiger partial charge in [-0.2, -0.15) is 0 Å². The van der Waals surface area contributed by atoms with Gasteiger partial charge in [0.25, 0.3) is 0 Å². The highest BCUT2D eigenvalue weighted by molar-refractivity contribution is 6.39. The molecule has 0 aliphatic carbocycles. The number of carbonyl (C=O) groups is 2. The summed E-state index contributed by atoms with van der Waals surface area (Å²) in [6.45, 7) is 5.26. The van der Waals surface area contributed by atoms with Crippen molar-refractivity contribution in [3.05, 3.63) is 36.5 Å². The number of carbonyl (C=O) groups excluding carboxylic acids is 2. The zero-order valence-corrected chi connectivity index (χ0v) is 13.7. The van der Waals surface area contributed by atoms with Gasteiger partial charge in [0.05, 0.1) is 17.4 Å². The third-order valence-electron chi connectivity index (χ3n) is 3.69. The van der Waals surface area contributed by atoms with Crippen LogP contribution in [0.25, 0.3) is 10.9 Å². The second-order valence-electron chi connectivity index (χ2n) is 5.70. The van der Waals surface area contributed by atoms with E-state index in [1.165, 1.54) is 0 Å². The monoisotopic (exact) mass is 314 g/mol. The first kappa shape index (κ1) is 16.9. The fourth-order valence-corrected chi connectivity index (χ4v) is 2.01. The van der Waals surface area contributed by atoms with E-state index >= 15 is 0 Å². The van der Waals surface area contributed by atoms with Gasteiger partial charge in [0.1, 0.15) is 0 Å². The second kappa shape index (κ2) is 7.69. The third kappa shape index (κ3) is 4.75. The largest absolute Gasteiger partial charge is 0.347 e. The Morgan fingerprint density at radius 1 is 1.22 bits per heavy atom. The predicted octanol–water partition coefficient (Wildman–Crippen LogP) is 1.63. The molecule has 2 aromatic rings. The summed E-state index contributed by atoms with van der Waals surface area (Å²) in [5.41, 5.74) is 1.34. The number of hydrogen-bond acceptors (Lipinski definition) is 4. The van der Waals surface area contributed by atoms with E-state index in [4.69, 9.17) is 0 Å². The molecule has 0 saturated carbocycles. The molecule has 1 aromatic carbocycles. The number of benzene rings is 1. The van der Waals surface area contributed by atoms with Crippen LogP contribution in [0.1, 0.15) is 13.8 Å². The van der Waals surface area contributed by atoms with Gasteiger partial charge < -0.3 is 15.5 Å². The molecule has 0 aliphatic rings. The molecule has 0 radical (unpaired) electrons. The Kier molecular flexibility index (Phi) is 5.65. The number of fused-ring (bicyclic) bond motifs is 1. The molecule has 0 fully saturated rings. The average molecular weight is 314 g/mol. The van der Waals surface area contributed by atoms with E-state index in [9.17, 15) is 9.59 Å². The van der Waals surface area contributed by atoms with E-state index in [1.54, 1.807) is 12.3 Å². The Morgan fingerprint density at radius 2 is 1.96 bits per heavy atom. The van der Waals surface area contributed by atoms with Crippen molar-refractivity contribution < 1.29 is 9.59 Å². The number of nitrogens with one attached hydrogen (secondary N) is 2. The van der Waals surface area contributed by atoms with E-state index in [1.807, 2.05) is 31.3 Å². The number of nitrogens with zero attached hydrogens (tertiary/aromatic N) is 2. The number of anilines is 1. The molecule has 1 heterocycles. The molecule has 0 atom stereocenters.